The van der Waals surface area contributed by atoms with Crippen molar-refractivity contribution in [2.24, 2.45) is 0 Å². The number of anilines is 1. The molecule has 1 atom stereocenters. The van der Waals surface area contributed by atoms with Crippen molar-refractivity contribution in [3.05, 3.63) is 22.7 Å². The quantitative estimate of drug-likeness (QED) is 0.830. The Morgan fingerprint density at radius 3 is 2.78 bits per heavy atom. The maximum Gasteiger partial charge on any atom is 0.293 e. The van der Waals surface area contributed by atoms with Gasteiger partial charge in [-0.2, -0.15) is 0 Å². The van der Waals surface area contributed by atoms with Gasteiger partial charge in [0.2, 0.25) is 5.91 Å². The first-order valence-corrected chi connectivity index (χ1v) is 6.08. The van der Waals surface area contributed by atoms with Gasteiger partial charge in [0.1, 0.15) is 6.04 Å². The van der Waals surface area contributed by atoms with Crippen molar-refractivity contribution < 1.29 is 4.79 Å². The van der Waals surface area contributed by atoms with Crippen LogP contribution in [-0.4, -0.2) is 40.0 Å². The van der Waals surface area contributed by atoms with E-state index >= 15 is 0 Å². The molecule has 1 aromatic rings. The number of aryl methyl sites for hydroxylation is 1. The molecule has 0 aromatic carbocycles. The molecule has 0 saturated heterocycles. The van der Waals surface area contributed by atoms with E-state index in [1.807, 2.05) is 13.8 Å². The Bertz CT molecular complexity index is 469. The Morgan fingerprint density at radius 2 is 2.22 bits per heavy atom. The summed E-state index contributed by atoms with van der Waals surface area (Å²) >= 11 is 0. The van der Waals surface area contributed by atoms with Gasteiger partial charge < -0.3 is 14.8 Å². The average Bonchev–Trinajstić information content (AvgIpc) is 2.39. The largest absolute Gasteiger partial charge is 0.354 e. The van der Waals surface area contributed by atoms with Gasteiger partial charge in [0.15, 0.2) is 5.82 Å². The topological polar surface area (TPSA) is 67.2 Å². The summed E-state index contributed by atoms with van der Waals surface area (Å²) in [5.41, 5.74) is -0.209. The van der Waals surface area contributed by atoms with E-state index in [4.69, 9.17) is 0 Å². The van der Waals surface area contributed by atoms with E-state index < -0.39 is 6.04 Å². The summed E-state index contributed by atoms with van der Waals surface area (Å²) in [6.45, 7) is 6.71. The van der Waals surface area contributed by atoms with Crippen molar-refractivity contribution in [1.82, 2.24) is 14.5 Å². The van der Waals surface area contributed by atoms with Crippen molar-refractivity contribution in [2.75, 3.05) is 18.9 Å². The highest BCUT2D eigenvalue weighted by Crippen LogP contribution is 2.00. The zero-order chi connectivity index (χ0) is 13.7. The van der Waals surface area contributed by atoms with Crippen LogP contribution in [-0.2, 0) is 11.3 Å². The fourth-order valence-corrected chi connectivity index (χ4v) is 1.55. The first kappa shape index (κ1) is 14.2. The molecule has 1 unspecified atom stereocenters. The van der Waals surface area contributed by atoms with Gasteiger partial charge in [-0.15, -0.1) is 0 Å². The van der Waals surface area contributed by atoms with Gasteiger partial charge in [-0.3, -0.25) is 9.59 Å². The number of hydrogen-bond donors (Lipinski definition) is 1. The summed E-state index contributed by atoms with van der Waals surface area (Å²) < 4.78 is 1.54. The molecular weight excluding hydrogens is 232 g/mol. The van der Waals surface area contributed by atoms with Gasteiger partial charge in [0.25, 0.3) is 5.56 Å². The molecule has 0 saturated carbocycles. The van der Waals surface area contributed by atoms with Crippen LogP contribution in [0.15, 0.2) is 17.2 Å². The molecule has 1 rings (SSSR count). The number of amides is 1. The number of rotatable bonds is 5. The zero-order valence-corrected chi connectivity index (χ0v) is 11.3. The van der Waals surface area contributed by atoms with E-state index in [1.54, 1.807) is 31.3 Å². The molecule has 1 aromatic heterocycles. The first-order chi connectivity index (χ1) is 8.51. The van der Waals surface area contributed by atoms with Crippen molar-refractivity contribution in [1.29, 1.82) is 0 Å². The zero-order valence-electron chi connectivity index (χ0n) is 11.3. The molecule has 1 N–H and O–H groups in total. The lowest BCUT2D eigenvalue weighted by Crippen LogP contribution is -2.40. The summed E-state index contributed by atoms with van der Waals surface area (Å²) in [7, 11) is 1.73. The van der Waals surface area contributed by atoms with Gasteiger partial charge in [-0.25, -0.2) is 4.98 Å². The highest BCUT2D eigenvalue weighted by atomic mass is 16.2. The van der Waals surface area contributed by atoms with Crippen LogP contribution in [0.1, 0.15) is 20.8 Å². The Morgan fingerprint density at radius 1 is 1.56 bits per heavy atom. The lowest BCUT2D eigenvalue weighted by molar-refractivity contribution is -0.130. The van der Waals surface area contributed by atoms with Gasteiger partial charge in [0.05, 0.1) is 0 Å². The number of nitrogens with one attached hydrogen (secondary N) is 1. The third kappa shape index (κ3) is 3.09. The monoisotopic (exact) mass is 252 g/mol. The third-order valence-corrected chi connectivity index (χ3v) is 2.83. The smallest absolute Gasteiger partial charge is 0.293 e. The molecule has 1 amide bonds. The van der Waals surface area contributed by atoms with E-state index in [0.29, 0.717) is 13.1 Å². The summed E-state index contributed by atoms with van der Waals surface area (Å²) in [5, 5.41) is 2.86. The van der Waals surface area contributed by atoms with Crippen LogP contribution in [0.25, 0.3) is 0 Å². The molecule has 0 aliphatic heterocycles. The molecule has 0 aliphatic rings. The van der Waals surface area contributed by atoms with Gasteiger partial charge in [-0.1, -0.05) is 0 Å². The number of nitrogens with zero attached hydrogens (tertiary/aromatic N) is 3. The van der Waals surface area contributed by atoms with Crippen LogP contribution in [0.5, 0.6) is 0 Å². The van der Waals surface area contributed by atoms with Crippen LogP contribution in [0, 0.1) is 0 Å². The minimum absolute atomic E-state index is 0.0643. The highest BCUT2D eigenvalue weighted by molar-refractivity contribution is 5.83. The molecular formula is C12H20N4O2. The van der Waals surface area contributed by atoms with Crippen LogP contribution in [0.3, 0.4) is 0 Å². The molecule has 0 radical (unpaired) electrons. The standard InChI is InChI=1S/C12H20N4O2/c1-5-15(4)11(17)9(3)14-10-12(18)16(6-2)8-7-13-10/h7-9H,5-6H2,1-4H3,(H,13,14). The fraction of sp³-hybridized carbons (Fsp3) is 0.583. The summed E-state index contributed by atoms with van der Waals surface area (Å²) in [5.74, 6) is 0.148. The van der Waals surface area contributed by atoms with Crippen LogP contribution in [0.4, 0.5) is 5.82 Å². The normalized spacial score (nSPS) is 12.0. The van der Waals surface area contributed by atoms with Gasteiger partial charge >= 0.3 is 0 Å². The van der Waals surface area contributed by atoms with E-state index in [0.717, 1.165) is 0 Å². The van der Waals surface area contributed by atoms with E-state index in [1.165, 1.54) is 4.57 Å². The molecule has 6 heteroatoms. The molecule has 0 spiro atoms. The molecule has 0 bridgehead atoms. The maximum absolute atomic E-state index is 11.9. The minimum atomic E-state index is -0.470. The second kappa shape index (κ2) is 6.18. The number of carbonyl (C=O) groups is 1. The molecule has 18 heavy (non-hydrogen) atoms. The van der Waals surface area contributed by atoms with Crippen molar-refractivity contribution in [3.8, 4) is 0 Å². The van der Waals surface area contributed by atoms with Crippen LogP contribution >= 0.6 is 0 Å². The Kier molecular flexibility index (Phi) is 4.88. The van der Waals surface area contributed by atoms with Crippen molar-refractivity contribution in [2.45, 2.75) is 33.4 Å². The third-order valence-electron chi connectivity index (χ3n) is 2.83. The second-order valence-corrected chi connectivity index (χ2v) is 4.09. The van der Waals surface area contributed by atoms with E-state index in [2.05, 4.69) is 10.3 Å². The maximum atomic E-state index is 11.9. The molecule has 100 valence electrons. The number of hydrogen-bond acceptors (Lipinski definition) is 4. The van der Waals surface area contributed by atoms with Crippen LogP contribution in [0.2, 0.25) is 0 Å². The predicted octanol–water partition coefficient (Wildman–Crippen LogP) is 0.542. The second-order valence-electron chi connectivity index (χ2n) is 4.09. The Hall–Kier alpha value is -1.85. The van der Waals surface area contributed by atoms with Crippen molar-refractivity contribution in [3.63, 3.8) is 0 Å². The number of likely N-dealkylation sites (N-methyl/N-ethyl adjacent to an activating group) is 1. The van der Waals surface area contributed by atoms with E-state index in [-0.39, 0.29) is 17.3 Å². The minimum Gasteiger partial charge on any atom is -0.354 e. The number of aromatic nitrogens is 2. The highest BCUT2D eigenvalue weighted by Gasteiger charge is 2.17. The SMILES string of the molecule is CCN(C)C(=O)C(C)Nc1nccn(CC)c1=O. The average molecular weight is 252 g/mol. The summed E-state index contributed by atoms with van der Waals surface area (Å²) in [6.07, 6.45) is 3.17. The Balaban J connectivity index is 2.85. The fourth-order valence-electron chi connectivity index (χ4n) is 1.55. The van der Waals surface area contributed by atoms with Crippen molar-refractivity contribution >= 4 is 11.7 Å². The molecule has 6 nitrogen and oxygen atoms in total. The van der Waals surface area contributed by atoms with Gasteiger partial charge in [-0.05, 0) is 20.8 Å². The summed E-state index contributed by atoms with van der Waals surface area (Å²) in [6, 6.07) is -0.470. The molecule has 1 heterocycles. The number of carbonyl (C=O) groups excluding carboxylic acids is 1. The molecule has 0 fully saturated rings. The first-order valence-electron chi connectivity index (χ1n) is 6.08. The lowest BCUT2D eigenvalue weighted by Gasteiger charge is -2.20. The van der Waals surface area contributed by atoms with E-state index in [9.17, 15) is 9.59 Å². The predicted molar refractivity (Wildman–Crippen MR) is 70.6 cm³/mol. The molecule has 0 aliphatic carbocycles. The van der Waals surface area contributed by atoms with Gasteiger partial charge in [0, 0.05) is 32.5 Å². The Labute approximate surface area is 107 Å². The lowest BCUT2D eigenvalue weighted by atomic mass is 10.3. The summed E-state index contributed by atoms with van der Waals surface area (Å²) in [4.78, 5) is 29.4. The van der Waals surface area contributed by atoms with Crippen LogP contribution < -0.4 is 10.9 Å².